The topological polar surface area (TPSA) is 70.7 Å². The zero-order valence-corrected chi connectivity index (χ0v) is 14.7. The number of carbonyl (C=O) groups excluding carboxylic acids is 1. The van der Waals surface area contributed by atoms with Crippen LogP contribution in [-0.4, -0.2) is 26.8 Å². The normalized spacial score (nSPS) is 10.7. The van der Waals surface area contributed by atoms with Crippen molar-refractivity contribution in [3.63, 3.8) is 0 Å². The van der Waals surface area contributed by atoms with Crippen molar-refractivity contribution in [2.75, 3.05) is 11.1 Å². The maximum Gasteiger partial charge on any atom is 0.234 e. The SMILES string of the molecule is CCc1ccc(-c2nnc(SCC(=O)Nc3ccc(F)c(F)c3)[nH]2)cc1. The molecule has 26 heavy (non-hydrogen) atoms. The van der Waals surface area contributed by atoms with Crippen LogP contribution in [0.4, 0.5) is 14.5 Å². The molecule has 0 aliphatic heterocycles. The Morgan fingerprint density at radius 3 is 2.58 bits per heavy atom. The Hall–Kier alpha value is -2.74. The van der Waals surface area contributed by atoms with Gasteiger partial charge < -0.3 is 10.3 Å². The van der Waals surface area contributed by atoms with Crippen molar-refractivity contribution in [3.8, 4) is 11.4 Å². The van der Waals surface area contributed by atoms with Crippen molar-refractivity contribution in [1.29, 1.82) is 0 Å². The molecule has 1 amide bonds. The largest absolute Gasteiger partial charge is 0.325 e. The molecule has 1 aromatic heterocycles. The molecule has 0 aliphatic rings. The molecule has 5 nitrogen and oxygen atoms in total. The van der Waals surface area contributed by atoms with Gasteiger partial charge in [-0.05, 0) is 24.1 Å². The zero-order chi connectivity index (χ0) is 18.5. The van der Waals surface area contributed by atoms with E-state index in [9.17, 15) is 13.6 Å². The van der Waals surface area contributed by atoms with Gasteiger partial charge in [-0.2, -0.15) is 0 Å². The van der Waals surface area contributed by atoms with Gasteiger partial charge in [-0.25, -0.2) is 8.78 Å². The number of aromatic nitrogens is 3. The molecule has 0 unspecified atom stereocenters. The molecule has 1 heterocycles. The summed E-state index contributed by atoms with van der Waals surface area (Å²) < 4.78 is 26.0. The molecule has 0 aliphatic carbocycles. The molecule has 2 N–H and O–H groups in total. The third-order valence-electron chi connectivity index (χ3n) is 3.65. The molecule has 0 spiro atoms. The number of aryl methyl sites for hydroxylation is 1. The number of nitrogens with one attached hydrogen (secondary N) is 2. The van der Waals surface area contributed by atoms with Gasteiger partial charge in [0.2, 0.25) is 5.91 Å². The van der Waals surface area contributed by atoms with E-state index >= 15 is 0 Å². The van der Waals surface area contributed by atoms with Crippen molar-refractivity contribution < 1.29 is 13.6 Å². The molecule has 0 bridgehead atoms. The van der Waals surface area contributed by atoms with Gasteiger partial charge in [0.15, 0.2) is 22.6 Å². The summed E-state index contributed by atoms with van der Waals surface area (Å²) in [5.74, 6) is -1.65. The van der Waals surface area contributed by atoms with Gasteiger partial charge in [-0.1, -0.05) is 43.0 Å². The number of aromatic amines is 1. The van der Waals surface area contributed by atoms with Crippen LogP contribution in [0, 0.1) is 11.6 Å². The molecular weight excluding hydrogens is 358 g/mol. The first-order valence-electron chi connectivity index (χ1n) is 7.95. The molecule has 8 heteroatoms. The quantitative estimate of drug-likeness (QED) is 0.639. The second-order valence-corrected chi connectivity index (χ2v) is 6.46. The Labute approximate surface area is 153 Å². The zero-order valence-electron chi connectivity index (χ0n) is 13.9. The number of hydrogen-bond donors (Lipinski definition) is 2. The number of amides is 1. The van der Waals surface area contributed by atoms with Crippen LogP contribution in [0.2, 0.25) is 0 Å². The van der Waals surface area contributed by atoms with E-state index in [2.05, 4.69) is 27.4 Å². The van der Waals surface area contributed by atoms with Gasteiger partial charge in [-0.15, -0.1) is 10.2 Å². The minimum Gasteiger partial charge on any atom is -0.325 e. The van der Waals surface area contributed by atoms with Crippen LogP contribution in [0.1, 0.15) is 12.5 Å². The predicted molar refractivity (Wildman–Crippen MR) is 96.9 cm³/mol. The lowest BCUT2D eigenvalue weighted by atomic mass is 10.1. The second-order valence-electron chi connectivity index (χ2n) is 5.49. The highest BCUT2D eigenvalue weighted by molar-refractivity contribution is 7.99. The number of hydrogen-bond acceptors (Lipinski definition) is 4. The average Bonchev–Trinajstić information content (AvgIpc) is 3.12. The van der Waals surface area contributed by atoms with Crippen molar-refractivity contribution in [3.05, 3.63) is 59.7 Å². The van der Waals surface area contributed by atoms with Gasteiger partial charge in [0.05, 0.1) is 5.75 Å². The van der Waals surface area contributed by atoms with Gasteiger partial charge >= 0.3 is 0 Å². The molecule has 3 aromatic rings. The number of anilines is 1. The van der Waals surface area contributed by atoms with Crippen molar-refractivity contribution in [1.82, 2.24) is 15.2 Å². The Morgan fingerprint density at radius 2 is 1.88 bits per heavy atom. The first kappa shape index (κ1) is 18.1. The van der Waals surface area contributed by atoms with E-state index in [4.69, 9.17) is 0 Å². The summed E-state index contributed by atoms with van der Waals surface area (Å²) in [5.41, 5.74) is 2.34. The number of nitrogens with zero attached hydrogens (tertiary/aromatic N) is 2. The van der Waals surface area contributed by atoms with Crippen LogP contribution in [0.3, 0.4) is 0 Å². The van der Waals surface area contributed by atoms with Crippen LogP contribution in [0.5, 0.6) is 0 Å². The molecule has 134 valence electrons. The Bertz CT molecular complexity index is 912. The molecular formula is C18H16F2N4OS. The molecule has 0 saturated heterocycles. The summed E-state index contributed by atoms with van der Waals surface area (Å²) in [6.07, 6.45) is 0.963. The van der Waals surface area contributed by atoms with Gasteiger partial charge in [0.25, 0.3) is 0 Å². The highest BCUT2D eigenvalue weighted by atomic mass is 32.2. The number of H-pyrrole nitrogens is 1. The van der Waals surface area contributed by atoms with Crippen LogP contribution in [0.15, 0.2) is 47.6 Å². The van der Waals surface area contributed by atoms with E-state index in [1.165, 1.54) is 23.4 Å². The van der Waals surface area contributed by atoms with E-state index in [1.807, 2.05) is 24.3 Å². The van der Waals surface area contributed by atoms with Gasteiger partial charge in [0.1, 0.15) is 0 Å². The summed E-state index contributed by atoms with van der Waals surface area (Å²) >= 11 is 1.17. The number of rotatable bonds is 6. The maximum atomic E-state index is 13.1. The van der Waals surface area contributed by atoms with Crippen LogP contribution >= 0.6 is 11.8 Å². The van der Waals surface area contributed by atoms with E-state index in [0.717, 1.165) is 24.1 Å². The molecule has 0 fully saturated rings. The first-order chi connectivity index (χ1) is 12.5. The summed E-state index contributed by atoms with van der Waals surface area (Å²) in [5, 5.41) is 11.1. The van der Waals surface area contributed by atoms with E-state index in [-0.39, 0.29) is 17.3 Å². The van der Waals surface area contributed by atoms with Crippen LogP contribution in [-0.2, 0) is 11.2 Å². The summed E-state index contributed by atoms with van der Waals surface area (Å²) in [6, 6.07) is 11.2. The minimum atomic E-state index is -1.01. The van der Waals surface area contributed by atoms with Crippen molar-refractivity contribution in [2.45, 2.75) is 18.5 Å². The fourth-order valence-corrected chi connectivity index (χ4v) is 2.85. The Balaban J connectivity index is 1.56. The number of thioether (sulfide) groups is 1. The molecule has 2 aromatic carbocycles. The molecule has 3 rings (SSSR count). The van der Waals surface area contributed by atoms with Crippen molar-refractivity contribution in [2.24, 2.45) is 0 Å². The summed E-state index contributed by atoms with van der Waals surface area (Å²) in [4.78, 5) is 15.0. The third kappa shape index (κ3) is 4.45. The van der Waals surface area contributed by atoms with Crippen LogP contribution < -0.4 is 5.32 Å². The second kappa shape index (κ2) is 8.09. The number of halogens is 2. The Morgan fingerprint density at radius 1 is 1.12 bits per heavy atom. The summed E-state index contributed by atoms with van der Waals surface area (Å²) in [7, 11) is 0. The van der Waals surface area contributed by atoms with Gasteiger partial charge in [-0.3, -0.25) is 4.79 Å². The van der Waals surface area contributed by atoms with Gasteiger partial charge in [0, 0.05) is 17.3 Å². The summed E-state index contributed by atoms with van der Waals surface area (Å²) in [6.45, 7) is 2.09. The standard InChI is InChI=1S/C18H16F2N4OS/c1-2-11-3-5-12(6-4-11)17-22-18(24-23-17)26-10-16(25)21-13-7-8-14(19)15(20)9-13/h3-9H,2,10H2,1H3,(H,21,25)(H,22,23,24). The highest BCUT2D eigenvalue weighted by Crippen LogP contribution is 2.20. The minimum absolute atomic E-state index is 0.0579. The molecule has 0 saturated carbocycles. The van der Waals surface area contributed by atoms with E-state index in [1.54, 1.807) is 0 Å². The lowest BCUT2D eigenvalue weighted by Gasteiger charge is -2.04. The fraction of sp³-hybridized carbons (Fsp3) is 0.167. The maximum absolute atomic E-state index is 13.1. The lowest BCUT2D eigenvalue weighted by Crippen LogP contribution is -2.14. The highest BCUT2D eigenvalue weighted by Gasteiger charge is 2.10. The van der Waals surface area contributed by atoms with E-state index < -0.39 is 11.6 Å². The smallest absolute Gasteiger partial charge is 0.234 e. The Kier molecular flexibility index (Phi) is 5.62. The fourth-order valence-electron chi connectivity index (χ4n) is 2.24. The first-order valence-corrected chi connectivity index (χ1v) is 8.93. The average molecular weight is 374 g/mol. The lowest BCUT2D eigenvalue weighted by molar-refractivity contribution is -0.113. The monoisotopic (exact) mass is 374 g/mol. The predicted octanol–water partition coefficient (Wildman–Crippen LogP) is 4.04. The molecule has 0 radical (unpaired) electrons. The number of benzene rings is 2. The molecule has 0 atom stereocenters. The van der Waals surface area contributed by atoms with E-state index in [0.29, 0.717) is 11.0 Å². The van der Waals surface area contributed by atoms with Crippen molar-refractivity contribution >= 4 is 23.4 Å². The van der Waals surface area contributed by atoms with Crippen LogP contribution in [0.25, 0.3) is 11.4 Å². The number of carbonyl (C=O) groups is 1. The third-order valence-corrected chi connectivity index (χ3v) is 4.51.